The maximum Gasteiger partial charge on any atom is 0.416 e. The second kappa shape index (κ2) is 12.8. The summed E-state index contributed by atoms with van der Waals surface area (Å²) in [5, 5.41) is 21.2. The van der Waals surface area contributed by atoms with Gasteiger partial charge in [-0.15, -0.1) is 0 Å². The van der Waals surface area contributed by atoms with Crippen LogP contribution in [0.2, 0.25) is 0 Å². The van der Waals surface area contributed by atoms with Crippen molar-refractivity contribution in [2.45, 2.75) is 42.1 Å². The number of amides is 2. The number of hydrogen-bond donors (Lipinski definition) is 5. The van der Waals surface area contributed by atoms with Crippen LogP contribution in [0.15, 0.2) is 83.9 Å². The Morgan fingerprint density at radius 1 is 1.00 bits per heavy atom. The van der Waals surface area contributed by atoms with E-state index in [0.717, 1.165) is 41.1 Å². The second-order valence-electron chi connectivity index (χ2n) is 10.1. The summed E-state index contributed by atoms with van der Waals surface area (Å²) in [5.41, 5.74) is 1.64. The predicted molar refractivity (Wildman–Crippen MR) is 161 cm³/mol. The fourth-order valence-electron chi connectivity index (χ4n) is 4.12. The zero-order valence-corrected chi connectivity index (χ0v) is 23.8. The third kappa shape index (κ3) is 7.87. The highest BCUT2D eigenvalue weighted by Gasteiger charge is 2.30. The largest absolute Gasteiger partial charge is 0.416 e. The van der Waals surface area contributed by atoms with Gasteiger partial charge in [0.2, 0.25) is 5.95 Å². The van der Waals surface area contributed by atoms with E-state index in [1.807, 2.05) is 24.3 Å². The Hall–Kier alpha value is -4.49. The number of nitrogens with zero attached hydrogens (tertiary/aromatic N) is 2. The van der Waals surface area contributed by atoms with Crippen molar-refractivity contribution in [3.63, 3.8) is 0 Å². The van der Waals surface area contributed by atoms with Gasteiger partial charge in [-0.05, 0) is 79.9 Å². The van der Waals surface area contributed by atoms with E-state index in [0.29, 0.717) is 23.0 Å². The van der Waals surface area contributed by atoms with E-state index in [-0.39, 0.29) is 23.6 Å². The Morgan fingerprint density at radius 3 is 2.33 bits per heavy atom. The number of aliphatic hydroxyl groups excluding tert-OH is 1. The lowest BCUT2D eigenvalue weighted by atomic mass is 10.1. The summed E-state index contributed by atoms with van der Waals surface area (Å²) in [5.74, 6) is 0.783. The highest BCUT2D eigenvalue weighted by molar-refractivity contribution is 7.86. The van der Waals surface area contributed by atoms with Gasteiger partial charge in [0.15, 0.2) is 0 Å². The Morgan fingerprint density at radius 2 is 1.67 bits per heavy atom. The van der Waals surface area contributed by atoms with Gasteiger partial charge < -0.3 is 26.4 Å². The number of benzene rings is 3. The highest BCUT2D eigenvalue weighted by atomic mass is 32.2. The van der Waals surface area contributed by atoms with Crippen LogP contribution in [0.5, 0.6) is 0 Å². The summed E-state index contributed by atoms with van der Waals surface area (Å²) in [7, 11) is -0.990. The number of anilines is 5. The Labute approximate surface area is 248 Å². The van der Waals surface area contributed by atoms with Crippen molar-refractivity contribution in [1.82, 2.24) is 9.97 Å². The van der Waals surface area contributed by atoms with Crippen LogP contribution >= 0.6 is 0 Å². The van der Waals surface area contributed by atoms with Crippen LogP contribution in [0.25, 0.3) is 11.1 Å². The van der Waals surface area contributed by atoms with Crippen LogP contribution in [0, 0.1) is 0 Å². The summed E-state index contributed by atoms with van der Waals surface area (Å²) in [4.78, 5) is 22.2. The fourth-order valence-corrected chi connectivity index (χ4v) is 5.47. The Bertz CT molecular complexity index is 1610. The molecule has 224 valence electrons. The number of carbonyl (C=O) groups is 1. The molecule has 5 rings (SSSR count). The molecule has 2 amide bonds. The third-order valence-corrected chi connectivity index (χ3v) is 8.33. The number of urea groups is 1. The SMILES string of the molecule is C[C@H](CO)Nc1nc(Nc2ccc(S(=O)C3CC3)cc2)ncc1-c1ccc(NC(=O)Nc2cccc(C(F)(F)F)c2)cc1. The van der Waals surface area contributed by atoms with E-state index in [9.17, 15) is 27.3 Å². The molecule has 1 fully saturated rings. The number of carbonyl (C=O) groups excluding carboxylic acids is 1. The molecule has 1 aromatic heterocycles. The summed E-state index contributed by atoms with van der Waals surface area (Å²) in [6, 6.07) is 17.4. The van der Waals surface area contributed by atoms with Gasteiger partial charge in [0.1, 0.15) is 5.82 Å². The Balaban J connectivity index is 1.28. The van der Waals surface area contributed by atoms with E-state index in [1.165, 1.54) is 12.1 Å². The van der Waals surface area contributed by atoms with E-state index in [2.05, 4.69) is 31.2 Å². The molecular formula is C30H29F3N6O3S. The second-order valence-corrected chi connectivity index (χ2v) is 11.8. The van der Waals surface area contributed by atoms with Gasteiger partial charge in [-0.1, -0.05) is 18.2 Å². The minimum atomic E-state index is -4.52. The molecule has 9 nitrogen and oxygen atoms in total. The van der Waals surface area contributed by atoms with Gasteiger partial charge in [-0.3, -0.25) is 4.21 Å². The molecule has 0 radical (unpaired) electrons. The quantitative estimate of drug-likeness (QED) is 0.137. The molecule has 1 aliphatic carbocycles. The van der Waals surface area contributed by atoms with Crippen LogP contribution < -0.4 is 21.3 Å². The Kier molecular flexibility index (Phi) is 8.92. The summed E-state index contributed by atoms with van der Waals surface area (Å²) in [6.45, 7) is 1.67. The molecule has 1 aliphatic rings. The standard InChI is InChI=1S/C30H29F3N6O3S/c1-18(17-40)35-27-26(16-34-28(39-27)36-21-9-11-24(12-10-21)43(42)25-13-14-25)19-5-7-22(8-6-19)37-29(41)38-23-4-2-3-20(15-23)30(31,32)33/h2-12,15-16,18,25,40H,13-14,17H2,1H3,(H2,37,38,41)(H2,34,35,36,39)/t18-,43?/m1/s1. The normalized spacial score (nSPS) is 14.4. The average Bonchev–Trinajstić information content (AvgIpc) is 3.83. The molecule has 1 unspecified atom stereocenters. The number of aromatic nitrogens is 2. The monoisotopic (exact) mass is 610 g/mol. The van der Waals surface area contributed by atoms with E-state index in [1.54, 1.807) is 37.4 Å². The van der Waals surface area contributed by atoms with Crippen molar-refractivity contribution in [2.75, 3.05) is 27.9 Å². The van der Waals surface area contributed by atoms with Crippen LogP contribution in [0.4, 0.5) is 46.8 Å². The molecular weight excluding hydrogens is 581 g/mol. The molecule has 4 aromatic rings. The van der Waals surface area contributed by atoms with Crippen LogP contribution in [0.1, 0.15) is 25.3 Å². The van der Waals surface area contributed by atoms with Gasteiger partial charge in [0.05, 0.1) is 23.0 Å². The number of rotatable bonds is 10. The number of nitrogens with one attached hydrogen (secondary N) is 4. The first-order valence-corrected chi connectivity index (χ1v) is 14.7. The van der Waals surface area contributed by atoms with Gasteiger partial charge in [-0.25, -0.2) is 9.78 Å². The lowest BCUT2D eigenvalue weighted by molar-refractivity contribution is -0.137. The lowest BCUT2D eigenvalue weighted by Gasteiger charge is -2.17. The number of halogens is 3. The van der Waals surface area contributed by atoms with Crippen LogP contribution in [0.3, 0.4) is 0 Å². The first kappa shape index (κ1) is 30.0. The van der Waals surface area contributed by atoms with Gasteiger partial charge >= 0.3 is 12.2 Å². The zero-order valence-electron chi connectivity index (χ0n) is 23.0. The lowest BCUT2D eigenvalue weighted by Crippen LogP contribution is -2.21. The summed E-state index contributed by atoms with van der Waals surface area (Å²) >= 11 is 0. The molecule has 13 heteroatoms. The number of hydrogen-bond acceptors (Lipinski definition) is 7. The topological polar surface area (TPSA) is 128 Å². The summed E-state index contributed by atoms with van der Waals surface area (Å²) < 4.78 is 51.3. The van der Waals surface area contributed by atoms with Gasteiger partial charge in [-0.2, -0.15) is 18.2 Å². The maximum atomic E-state index is 13.0. The minimum absolute atomic E-state index is 0.00711. The minimum Gasteiger partial charge on any atom is -0.394 e. The van der Waals surface area contributed by atoms with Gasteiger partial charge in [0, 0.05) is 45.0 Å². The van der Waals surface area contributed by atoms with Crippen molar-refractivity contribution in [3.05, 3.63) is 84.6 Å². The molecule has 0 saturated heterocycles. The van der Waals surface area contributed by atoms with Crippen LogP contribution in [-0.4, -0.2) is 43.2 Å². The van der Waals surface area contributed by atoms with Crippen molar-refractivity contribution in [3.8, 4) is 11.1 Å². The van der Waals surface area contributed by atoms with Gasteiger partial charge in [0.25, 0.3) is 0 Å². The molecule has 5 N–H and O–H groups in total. The fraction of sp³-hybridized carbons (Fsp3) is 0.233. The molecule has 3 aromatic carbocycles. The van der Waals surface area contributed by atoms with Crippen molar-refractivity contribution >= 4 is 45.7 Å². The first-order valence-electron chi connectivity index (χ1n) is 13.5. The van der Waals surface area contributed by atoms with Crippen molar-refractivity contribution < 1.29 is 27.3 Å². The number of aliphatic hydroxyl groups is 1. The molecule has 0 spiro atoms. The maximum absolute atomic E-state index is 13.0. The molecule has 2 atom stereocenters. The third-order valence-electron chi connectivity index (χ3n) is 6.52. The molecule has 1 heterocycles. The predicted octanol–water partition coefficient (Wildman–Crippen LogP) is 6.61. The van der Waals surface area contributed by atoms with E-state index < -0.39 is 28.6 Å². The molecule has 0 bridgehead atoms. The van der Waals surface area contributed by atoms with Crippen LogP contribution in [-0.2, 0) is 17.0 Å². The number of alkyl halides is 3. The highest BCUT2D eigenvalue weighted by Crippen LogP contribution is 2.33. The first-order chi connectivity index (χ1) is 20.6. The van der Waals surface area contributed by atoms with Crippen molar-refractivity contribution in [2.24, 2.45) is 0 Å². The molecule has 0 aliphatic heterocycles. The summed E-state index contributed by atoms with van der Waals surface area (Å²) in [6.07, 6.45) is -0.908. The van der Waals surface area contributed by atoms with Crippen molar-refractivity contribution in [1.29, 1.82) is 0 Å². The van der Waals surface area contributed by atoms with E-state index >= 15 is 0 Å². The molecule has 1 saturated carbocycles. The smallest absolute Gasteiger partial charge is 0.394 e. The average molecular weight is 611 g/mol. The molecule has 43 heavy (non-hydrogen) atoms. The van der Waals surface area contributed by atoms with E-state index in [4.69, 9.17) is 0 Å². The zero-order chi connectivity index (χ0) is 30.6.